The number of rotatable bonds is 5. The van der Waals surface area contributed by atoms with E-state index in [1.54, 1.807) is 7.11 Å². The highest BCUT2D eigenvalue weighted by Gasteiger charge is 2.38. The number of benzene rings is 1. The molecule has 0 aromatic heterocycles. The second kappa shape index (κ2) is 7.62. The van der Waals surface area contributed by atoms with Gasteiger partial charge >= 0.3 is 0 Å². The van der Waals surface area contributed by atoms with Crippen molar-refractivity contribution in [3.8, 4) is 0 Å². The van der Waals surface area contributed by atoms with Crippen molar-refractivity contribution in [1.82, 2.24) is 5.32 Å². The Balaban J connectivity index is 0.00000200. The number of carbonyl (C=O) groups is 1. The van der Waals surface area contributed by atoms with Crippen LogP contribution in [0.3, 0.4) is 0 Å². The SMILES string of the molecule is CCC1(C(=O)Nc2cccc(COC)c2)CCCN1.Cl. The van der Waals surface area contributed by atoms with Crippen molar-refractivity contribution < 1.29 is 9.53 Å². The fraction of sp³-hybridized carbons (Fsp3) is 0.533. The summed E-state index contributed by atoms with van der Waals surface area (Å²) in [5, 5.41) is 6.36. The zero-order valence-corrected chi connectivity index (χ0v) is 12.9. The Morgan fingerprint density at radius 3 is 2.90 bits per heavy atom. The molecular formula is C15H23ClN2O2. The van der Waals surface area contributed by atoms with Crippen LogP contribution in [0, 0.1) is 0 Å². The van der Waals surface area contributed by atoms with E-state index < -0.39 is 5.54 Å². The molecule has 2 rings (SSSR count). The molecule has 0 spiro atoms. The van der Waals surface area contributed by atoms with Crippen LogP contribution < -0.4 is 10.6 Å². The smallest absolute Gasteiger partial charge is 0.244 e. The van der Waals surface area contributed by atoms with Crippen LogP contribution in [-0.2, 0) is 16.1 Å². The molecular weight excluding hydrogens is 276 g/mol. The van der Waals surface area contributed by atoms with Crippen molar-refractivity contribution in [2.45, 2.75) is 38.3 Å². The summed E-state index contributed by atoms with van der Waals surface area (Å²) >= 11 is 0. The van der Waals surface area contributed by atoms with Gasteiger partial charge in [-0.15, -0.1) is 12.4 Å². The lowest BCUT2D eigenvalue weighted by molar-refractivity contribution is -0.122. The minimum atomic E-state index is -0.392. The van der Waals surface area contributed by atoms with Crippen molar-refractivity contribution in [3.63, 3.8) is 0 Å². The van der Waals surface area contributed by atoms with Gasteiger partial charge in [0, 0.05) is 12.8 Å². The molecule has 1 unspecified atom stereocenters. The summed E-state index contributed by atoms with van der Waals surface area (Å²) < 4.78 is 5.10. The number of anilines is 1. The van der Waals surface area contributed by atoms with E-state index in [0.717, 1.165) is 37.1 Å². The van der Waals surface area contributed by atoms with Gasteiger partial charge in [-0.05, 0) is 43.5 Å². The summed E-state index contributed by atoms with van der Waals surface area (Å²) in [5.41, 5.74) is 1.50. The summed E-state index contributed by atoms with van der Waals surface area (Å²) in [6.07, 6.45) is 2.79. The zero-order chi connectivity index (χ0) is 13.7. The first-order valence-corrected chi connectivity index (χ1v) is 6.84. The summed E-state index contributed by atoms with van der Waals surface area (Å²) in [5.74, 6) is 0.0714. The van der Waals surface area contributed by atoms with Crippen molar-refractivity contribution in [2.75, 3.05) is 19.0 Å². The first-order valence-electron chi connectivity index (χ1n) is 6.84. The molecule has 1 aliphatic rings. The van der Waals surface area contributed by atoms with Crippen LogP contribution in [0.4, 0.5) is 5.69 Å². The molecule has 1 heterocycles. The van der Waals surface area contributed by atoms with E-state index >= 15 is 0 Å². The maximum Gasteiger partial charge on any atom is 0.244 e. The molecule has 0 saturated carbocycles. The Hall–Kier alpha value is -1.10. The number of methoxy groups -OCH3 is 1. The molecule has 1 saturated heterocycles. The number of ether oxygens (including phenoxy) is 1. The van der Waals surface area contributed by atoms with Gasteiger partial charge < -0.3 is 15.4 Å². The van der Waals surface area contributed by atoms with Gasteiger partial charge in [-0.25, -0.2) is 0 Å². The highest BCUT2D eigenvalue weighted by Crippen LogP contribution is 2.25. The number of halogens is 1. The lowest BCUT2D eigenvalue weighted by atomic mass is 9.93. The van der Waals surface area contributed by atoms with Crippen molar-refractivity contribution in [1.29, 1.82) is 0 Å². The Morgan fingerprint density at radius 1 is 1.50 bits per heavy atom. The highest BCUT2D eigenvalue weighted by molar-refractivity contribution is 5.98. The largest absolute Gasteiger partial charge is 0.380 e. The third-order valence-electron chi connectivity index (χ3n) is 3.78. The standard InChI is InChI=1S/C15H22N2O2.ClH/c1-3-15(8-5-9-16-15)14(18)17-13-7-4-6-12(10-13)11-19-2;/h4,6-7,10,16H,3,5,8-9,11H2,1-2H3,(H,17,18);1H. The summed E-state index contributed by atoms with van der Waals surface area (Å²) in [6.45, 7) is 3.53. The van der Waals surface area contributed by atoms with Crippen LogP contribution in [0.2, 0.25) is 0 Å². The van der Waals surface area contributed by atoms with Gasteiger partial charge in [0.1, 0.15) is 0 Å². The Morgan fingerprint density at radius 2 is 2.30 bits per heavy atom. The first-order chi connectivity index (χ1) is 9.20. The van der Waals surface area contributed by atoms with E-state index in [9.17, 15) is 4.79 Å². The van der Waals surface area contributed by atoms with Crippen LogP contribution in [0.1, 0.15) is 31.7 Å². The summed E-state index contributed by atoms with van der Waals surface area (Å²) in [7, 11) is 1.67. The van der Waals surface area contributed by atoms with E-state index in [0.29, 0.717) is 6.61 Å². The monoisotopic (exact) mass is 298 g/mol. The van der Waals surface area contributed by atoms with Gasteiger partial charge in [-0.3, -0.25) is 4.79 Å². The van der Waals surface area contributed by atoms with Gasteiger partial charge in [0.25, 0.3) is 0 Å². The lowest BCUT2D eigenvalue weighted by Gasteiger charge is -2.26. The Labute approximate surface area is 126 Å². The van der Waals surface area contributed by atoms with Crippen molar-refractivity contribution in [3.05, 3.63) is 29.8 Å². The fourth-order valence-electron chi connectivity index (χ4n) is 2.62. The molecule has 2 N–H and O–H groups in total. The summed E-state index contributed by atoms with van der Waals surface area (Å²) in [6, 6.07) is 7.79. The molecule has 0 radical (unpaired) electrons. The molecule has 5 heteroatoms. The molecule has 0 bridgehead atoms. The number of amides is 1. The van der Waals surface area contributed by atoms with E-state index in [1.807, 2.05) is 24.3 Å². The third-order valence-corrected chi connectivity index (χ3v) is 3.78. The zero-order valence-electron chi connectivity index (χ0n) is 12.1. The number of nitrogens with one attached hydrogen (secondary N) is 2. The molecule has 1 aliphatic heterocycles. The van der Waals surface area contributed by atoms with Gasteiger partial charge in [0.05, 0.1) is 12.1 Å². The second-order valence-corrected chi connectivity index (χ2v) is 5.05. The number of hydrogen-bond donors (Lipinski definition) is 2. The molecule has 4 nitrogen and oxygen atoms in total. The number of hydrogen-bond acceptors (Lipinski definition) is 3. The predicted octanol–water partition coefficient (Wildman–Crippen LogP) is 2.73. The topological polar surface area (TPSA) is 50.4 Å². The van der Waals surface area contributed by atoms with Crippen LogP contribution in [-0.4, -0.2) is 25.1 Å². The van der Waals surface area contributed by atoms with Crippen LogP contribution >= 0.6 is 12.4 Å². The quantitative estimate of drug-likeness (QED) is 0.879. The van der Waals surface area contributed by atoms with Crippen LogP contribution in [0.5, 0.6) is 0 Å². The number of carbonyl (C=O) groups excluding carboxylic acids is 1. The molecule has 112 valence electrons. The van der Waals surface area contributed by atoms with Crippen LogP contribution in [0.15, 0.2) is 24.3 Å². The highest BCUT2D eigenvalue weighted by atomic mass is 35.5. The molecule has 20 heavy (non-hydrogen) atoms. The normalized spacial score (nSPS) is 21.3. The Kier molecular flexibility index (Phi) is 6.46. The first kappa shape index (κ1) is 17.0. The van der Waals surface area contributed by atoms with Gasteiger partial charge in [-0.2, -0.15) is 0 Å². The lowest BCUT2D eigenvalue weighted by Crippen LogP contribution is -2.50. The predicted molar refractivity (Wildman–Crippen MR) is 83.3 cm³/mol. The average Bonchev–Trinajstić information content (AvgIpc) is 2.89. The van der Waals surface area contributed by atoms with E-state index in [4.69, 9.17) is 4.74 Å². The fourth-order valence-corrected chi connectivity index (χ4v) is 2.62. The molecule has 1 amide bonds. The van der Waals surface area contributed by atoms with E-state index in [1.165, 1.54) is 0 Å². The van der Waals surface area contributed by atoms with Crippen molar-refractivity contribution >= 4 is 24.0 Å². The molecule has 1 fully saturated rings. The maximum absolute atomic E-state index is 12.4. The average molecular weight is 299 g/mol. The molecule has 1 atom stereocenters. The van der Waals surface area contributed by atoms with E-state index in [2.05, 4.69) is 17.6 Å². The van der Waals surface area contributed by atoms with Gasteiger partial charge in [0.15, 0.2) is 0 Å². The maximum atomic E-state index is 12.4. The minimum absolute atomic E-state index is 0. The molecule has 1 aromatic carbocycles. The molecule has 1 aromatic rings. The van der Waals surface area contributed by atoms with E-state index in [-0.39, 0.29) is 18.3 Å². The molecule has 0 aliphatic carbocycles. The van der Waals surface area contributed by atoms with Gasteiger partial charge in [0.2, 0.25) is 5.91 Å². The minimum Gasteiger partial charge on any atom is -0.380 e. The van der Waals surface area contributed by atoms with Gasteiger partial charge in [-0.1, -0.05) is 19.1 Å². The third kappa shape index (κ3) is 3.72. The van der Waals surface area contributed by atoms with Crippen LogP contribution in [0.25, 0.3) is 0 Å². The van der Waals surface area contributed by atoms with Crippen molar-refractivity contribution in [2.24, 2.45) is 0 Å². The Bertz CT molecular complexity index is 445. The summed E-state index contributed by atoms with van der Waals surface area (Å²) in [4.78, 5) is 12.4. The second-order valence-electron chi connectivity index (χ2n) is 5.05.